The molecular formula is C24H24N2O5. The quantitative estimate of drug-likeness (QED) is 0.648. The second-order valence-corrected chi connectivity index (χ2v) is 6.41. The van der Waals surface area contributed by atoms with Gasteiger partial charge in [-0.25, -0.2) is 0 Å². The Bertz CT molecular complexity index is 1440. The number of fused-ring (bicyclic) bond motifs is 2. The predicted octanol–water partition coefficient (Wildman–Crippen LogP) is 3.49. The molecule has 1 atom stereocenters. The standard InChI is InChI=1S/C24H24N2O5/c1-30-16-10-11-18-20(15-16)31-19-8-5-4-7-17(19)24(18)25-21(27)9-3-2-6-14-26-22(28)12-13-23(26)29/h4-5,7-8,10-13,15,24H,2-3,6,9,14H2,1H3,(H,25,27)/i2D2,3D2,6D2,9D2,14D2. The van der Waals surface area contributed by atoms with Gasteiger partial charge in [-0.1, -0.05) is 24.6 Å². The Balaban J connectivity index is 1.71. The summed E-state index contributed by atoms with van der Waals surface area (Å²) in [6.07, 6.45) is -14.8. The highest BCUT2D eigenvalue weighted by atomic mass is 16.5. The number of amides is 3. The first kappa shape index (κ1) is 11.7. The summed E-state index contributed by atoms with van der Waals surface area (Å²) in [6, 6.07) is 9.91. The van der Waals surface area contributed by atoms with Crippen LogP contribution in [0, 0.1) is 0 Å². The molecule has 4 rings (SSSR count). The molecule has 1 unspecified atom stereocenters. The lowest BCUT2D eigenvalue weighted by atomic mass is 9.94. The molecule has 0 radical (unpaired) electrons. The number of nitrogens with zero attached hydrogens (tertiary/aromatic N) is 1. The zero-order valence-corrected chi connectivity index (χ0v) is 16.3. The van der Waals surface area contributed by atoms with E-state index < -0.39 is 55.8 Å². The van der Waals surface area contributed by atoms with Crippen LogP contribution in [0.25, 0.3) is 0 Å². The molecule has 0 fully saturated rings. The number of nitrogens with one attached hydrogen (secondary N) is 1. The maximum atomic E-state index is 13.4. The third-order valence-electron chi connectivity index (χ3n) is 4.54. The van der Waals surface area contributed by atoms with Gasteiger partial charge in [-0.3, -0.25) is 19.3 Å². The number of ether oxygens (including phenoxy) is 2. The van der Waals surface area contributed by atoms with Crippen LogP contribution in [0.2, 0.25) is 0 Å². The number of hydrogen-bond acceptors (Lipinski definition) is 5. The van der Waals surface area contributed by atoms with Gasteiger partial charge < -0.3 is 14.8 Å². The van der Waals surface area contributed by atoms with E-state index in [1.54, 1.807) is 30.3 Å². The Kier molecular flexibility index (Phi) is 3.41. The fourth-order valence-electron chi connectivity index (χ4n) is 3.10. The van der Waals surface area contributed by atoms with Crippen molar-refractivity contribution in [2.24, 2.45) is 0 Å². The van der Waals surface area contributed by atoms with E-state index in [2.05, 4.69) is 5.32 Å². The molecule has 0 saturated heterocycles. The average Bonchev–Trinajstić information content (AvgIpc) is 3.25. The number of benzene rings is 2. The van der Waals surface area contributed by atoms with Gasteiger partial charge in [-0.05, 0) is 30.9 Å². The van der Waals surface area contributed by atoms with Gasteiger partial charge in [-0.2, -0.15) is 0 Å². The minimum Gasteiger partial charge on any atom is -0.497 e. The first-order valence-electron chi connectivity index (χ1n) is 14.1. The zero-order chi connectivity index (χ0) is 30.8. The van der Waals surface area contributed by atoms with Gasteiger partial charge in [0, 0.05) is 55.9 Å². The molecule has 0 spiro atoms. The van der Waals surface area contributed by atoms with Crippen LogP contribution in [0.3, 0.4) is 0 Å². The van der Waals surface area contributed by atoms with Crippen molar-refractivity contribution < 1.29 is 37.6 Å². The summed E-state index contributed by atoms with van der Waals surface area (Å²) < 4.78 is 93.7. The van der Waals surface area contributed by atoms with Gasteiger partial charge in [0.1, 0.15) is 17.2 Å². The second-order valence-electron chi connectivity index (χ2n) is 6.41. The summed E-state index contributed by atoms with van der Waals surface area (Å²) in [4.78, 5) is 37.3. The van der Waals surface area contributed by atoms with Crippen LogP contribution in [0.15, 0.2) is 54.6 Å². The first-order valence-corrected chi connectivity index (χ1v) is 9.15. The average molecular weight is 431 g/mol. The minimum absolute atomic E-state index is 0.222. The van der Waals surface area contributed by atoms with Crippen LogP contribution < -0.4 is 14.8 Å². The van der Waals surface area contributed by atoms with Crippen molar-refractivity contribution >= 4 is 17.7 Å². The topological polar surface area (TPSA) is 84.9 Å². The van der Waals surface area contributed by atoms with Gasteiger partial charge in [0.05, 0.1) is 13.2 Å². The molecule has 31 heavy (non-hydrogen) atoms. The molecule has 2 heterocycles. The third kappa shape index (κ3) is 4.45. The van der Waals surface area contributed by atoms with Gasteiger partial charge in [0.15, 0.2) is 0 Å². The Morgan fingerprint density at radius 3 is 2.58 bits per heavy atom. The summed E-state index contributed by atoms with van der Waals surface area (Å²) in [5.41, 5.74) is 0.700. The van der Waals surface area contributed by atoms with Crippen LogP contribution in [0.5, 0.6) is 17.2 Å². The van der Waals surface area contributed by atoms with Gasteiger partial charge in [0.2, 0.25) is 5.91 Å². The Labute approximate surface area is 194 Å². The van der Waals surface area contributed by atoms with Crippen molar-refractivity contribution in [2.45, 2.75) is 31.5 Å². The number of carbonyl (C=O) groups excluding carboxylic acids is 3. The van der Waals surface area contributed by atoms with E-state index in [1.165, 1.54) is 19.2 Å². The lowest BCUT2D eigenvalue weighted by molar-refractivity contribution is -0.137. The number of hydrogen-bond donors (Lipinski definition) is 1. The Morgan fingerprint density at radius 2 is 1.81 bits per heavy atom. The summed E-state index contributed by atoms with van der Waals surface area (Å²) in [5, 5.41) is 2.36. The summed E-state index contributed by atoms with van der Waals surface area (Å²) in [5.74, 6) is -3.36. The molecule has 2 aliphatic heterocycles. The highest BCUT2D eigenvalue weighted by molar-refractivity contribution is 6.12. The largest absolute Gasteiger partial charge is 0.497 e. The second kappa shape index (κ2) is 9.04. The fourth-order valence-corrected chi connectivity index (χ4v) is 3.10. The molecule has 0 saturated carbocycles. The first-order chi connectivity index (χ1) is 18.8. The molecule has 0 aromatic heterocycles. The van der Waals surface area contributed by atoms with Gasteiger partial charge in [0.25, 0.3) is 11.8 Å². The fraction of sp³-hybridized carbons (Fsp3) is 0.292. The van der Waals surface area contributed by atoms with Crippen molar-refractivity contribution in [2.75, 3.05) is 13.6 Å². The van der Waals surface area contributed by atoms with Crippen LogP contribution in [0.1, 0.15) is 56.4 Å². The van der Waals surface area contributed by atoms with Crippen LogP contribution >= 0.6 is 0 Å². The molecular weight excluding hydrogens is 396 g/mol. The minimum atomic E-state index is -4.13. The molecule has 2 aromatic rings. The Hall–Kier alpha value is -3.61. The summed E-state index contributed by atoms with van der Waals surface area (Å²) in [7, 11) is 1.43. The molecule has 0 aliphatic carbocycles. The number of imide groups is 1. The van der Waals surface area contributed by atoms with E-state index in [4.69, 9.17) is 23.2 Å². The van der Waals surface area contributed by atoms with Crippen molar-refractivity contribution in [3.05, 3.63) is 65.7 Å². The predicted molar refractivity (Wildman–Crippen MR) is 114 cm³/mol. The maximum absolute atomic E-state index is 13.4. The van der Waals surface area contributed by atoms with E-state index in [9.17, 15) is 14.4 Å². The van der Waals surface area contributed by atoms with Crippen molar-refractivity contribution in [3.63, 3.8) is 0 Å². The van der Waals surface area contributed by atoms with Crippen LogP contribution in [-0.2, 0) is 14.4 Å². The lowest BCUT2D eigenvalue weighted by Crippen LogP contribution is -2.31. The molecule has 7 nitrogen and oxygen atoms in total. The molecule has 1 N–H and O–H groups in total. The van der Waals surface area contributed by atoms with Gasteiger partial charge in [-0.15, -0.1) is 0 Å². The highest BCUT2D eigenvalue weighted by Gasteiger charge is 2.28. The SMILES string of the molecule is [2H]C([2H])(C(=O)NC1c2ccccc2Oc2cc(OC)ccc21)C([2H])([2H])C([2H])([2H])C([2H])([2H])C([2H])([2H])N1C(=O)C=CC1=O. The van der Waals surface area contributed by atoms with E-state index in [0.717, 1.165) is 0 Å². The number of para-hydroxylation sites is 1. The molecule has 0 bridgehead atoms. The van der Waals surface area contributed by atoms with Crippen molar-refractivity contribution in [3.8, 4) is 17.2 Å². The third-order valence-corrected chi connectivity index (χ3v) is 4.54. The lowest BCUT2D eigenvalue weighted by Gasteiger charge is -2.29. The smallest absolute Gasteiger partial charge is 0.253 e. The van der Waals surface area contributed by atoms with Crippen LogP contribution in [-0.4, -0.2) is 36.2 Å². The number of carbonyl (C=O) groups is 3. The monoisotopic (exact) mass is 430 g/mol. The normalized spacial score (nSPS) is 23.6. The maximum Gasteiger partial charge on any atom is 0.253 e. The molecule has 160 valence electrons. The van der Waals surface area contributed by atoms with E-state index >= 15 is 0 Å². The van der Waals surface area contributed by atoms with Crippen molar-refractivity contribution in [1.82, 2.24) is 10.2 Å². The summed E-state index contributed by atoms with van der Waals surface area (Å²) in [6.45, 7) is -3.79. The summed E-state index contributed by atoms with van der Waals surface area (Å²) >= 11 is 0. The molecule has 7 heteroatoms. The molecule has 2 aromatic carbocycles. The molecule has 2 aliphatic rings. The van der Waals surface area contributed by atoms with Gasteiger partial charge >= 0.3 is 0 Å². The molecule has 3 amide bonds. The Morgan fingerprint density at radius 1 is 1.06 bits per heavy atom. The van der Waals surface area contributed by atoms with E-state index in [-0.39, 0.29) is 16.4 Å². The zero-order valence-electron chi connectivity index (χ0n) is 26.3. The number of rotatable bonds is 8. The van der Waals surface area contributed by atoms with E-state index in [0.29, 0.717) is 29.0 Å². The van der Waals surface area contributed by atoms with Crippen molar-refractivity contribution in [1.29, 1.82) is 0 Å². The number of methoxy groups -OCH3 is 1. The van der Waals surface area contributed by atoms with E-state index in [1.807, 2.05) is 0 Å². The van der Waals surface area contributed by atoms with Crippen LogP contribution in [0.4, 0.5) is 0 Å². The highest BCUT2D eigenvalue weighted by Crippen LogP contribution is 2.44.